The molecule has 0 spiro atoms. The molecule has 0 aliphatic heterocycles. The van der Waals surface area contributed by atoms with E-state index in [0.29, 0.717) is 39.2 Å². The number of thioether (sulfide) groups is 1. The molecular weight excluding hydrogens is 455 g/mol. The van der Waals surface area contributed by atoms with Crippen LogP contribution in [0.1, 0.15) is 10.4 Å². The minimum atomic E-state index is -0.387. The molecule has 0 saturated heterocycles. The summed E-state index contributed by atoms with van der Waals surface area (Å²) in [6.45, 7) is 0. The van der Waals surface area contributed by atoms with Crippen molar-refractivity contribution in [1.82, 2.24) is 19.6 Å². The monoisotopic (exact) mass is 474 g/mol. The molecule has 0 bridgehead atoms. The third kappa shape index (κ3) is 4.06. The number of hydrogen-bond donors (Lipinski definition) is 0. The first-order valence-corrected chi connectivity index (χ1v) is 11.4. The number of ether oxygens (including phenoxy) is 2. The first-order valence-electron chi connectivity index (χ1n) is 10.4. The van der Waals surface area contributed by atoms with Gasteiger partial charge in [-0.3, -0.25) is 4.79 Å². The molecule has 170 valence electrons. The molecule has 0 unspecified atom stereocenters. The van der Waals surface area contributed by atoms with Crippen LogP contribution < -0.4 is 9.47 Å². The summed E-state index contributed by atoms with van der Waals surface area (Å²) in [6, 6.07) is 18.7. The van der Waals surface area contributed by atoms with Crippen LogP contribution in [-0.2, 0) is 0 Å². The number of nitrogens with zero attached hydrogens (tertiary/aromatic N) is 4. The molecule has 0 radical (unpaired) electrons. The van der Waals surface area contributed by atoms with E-state index in [1.807, 2.05) is 36.4 Å². The molecule has 0 amide bonds. The molecule has 0 fully saturated rings. The summed E-state index contributed by atoms with van der Waals surface area (Å²) in [6.07, 6.45) is 0. The molecule has 7 nitrogen and oxygen atoms in total. The third-order valence-corrected chi connectivity index (χ3v) is 6.21. The van der Waals surface area contributed by atoms with E-state index < -0.39 is 0 Å². The molecule has 0 aliphatic rings. The van der Waals surface area contributed by atoms with Crippen LogP contribution in [0.25, 0.3) is 27.9 Å². The number of halogens is 1. The molecule has 2 aromatic heterocycles. The first-order chi connectivity index (χ1) is 16.6. The Labute approximate surface area is 198 Å². The predicted molar refractivity (Wildman–Crippen MR) is 128 cm³/mol. The van der Waals surface area contributed by atoms with Gasteiger partial charge in [0.2, 0.25) is 0 Å². The van der Waals surface area contributed by atoms with E-state index in [9.17, 15) is 9.18 Å². The smallest absolute Gasteiger partial charge is 0.192 e. The molecular formula is C25H19FN4O3S. The van der Waals surface area contributed by atoms with E-state index >= 15 is 0 Å². The summed E-state index contributed by atoms with van der Waals surface area (Å²) >= 11 is 1.24. The topological polar surface area (TPSA) is 78.6 Å². The normalized spacial score (nSPS) is 11.1. The minimum absolute atomic E-state index is 0.104. The van der Waals surface area contributed by atoms with Gasteiger partial charge in [-0.1, -0.05) is 42.1 Å². The fraction of sp³-hybridized carbons (Fsp3) is 0.120. The zero-order valence-corrected chi connectivity index (χ0v) is 19.2. The Kier molecular flexibility index (Phi) is 5.85. The molecule has 3 aromatic carbocycles. The molecule has 9 heteroatoms. The highest BCUT2D eigenvalue weighted by molar-refractivity contribution is 7.99. The van der Waals surface area contributed by atoms with Gasteiger partial charge in [-0.15, -0.1) is 5.10 Å². The van der Waals surface area contributed by atoms with Crippen LogP contribution in [0.5, 0.6) is 11.5 Å². The molecule has 0 N–H and O–H groups in total. The molecule has 34 heavy (non-hydrogen) atoms. The maximum atomic E-state index is 13.2. The lowest BCUT2D eigenvalue weighted by atomic mass is 10.1. The lowest BCUT2D eigenvalue weighted by molar-refractivity contribution is 0.102. The Morgan fingerprint density at radius 2 is 1.68 bits per heavy atom. The van der Waals surface area contributed by atoms with Crippen molar-refractivity contribution in [3.63, 3.8) is 0 Å². The Bertz CT molecular complexity index is 1500. The van der Waals surface area contributed by atoms with Gasteiger partial charge in [0, 0.05) is 22.6 Å². The maximum Gasteiger partial charge on any atom is 0.192 e. The Balaban J connectivity index is 1.62. The number of methoxy groups -OCH3 is 2. The predicted octanol–water partition coefficient (Wildman–Crippen LogP) is 5.08. The number of rotatable bonds is 7. The van der Waals surface area contributed by atoms with Crippen molar-refractivity contribution in [3.8, 4) is 22.9 Å². The van der Waals surface area contributed by atoms with Crippen LogP contribution in [-0.4, -0.2) is 45.3 Å². The molecule has 0 atom stereocenters. The van der Waals surface area contributed by atoms with Crippen molar-refractivity contribution in [2.75, 3.05) is 20.0 Å². The lowest BCUT2D eigenvalue weighted by Gasteiger charge is -2.11. The molecule has 5 aromatic rings. The summed E-state index contributed by atoms with van der Waals surface area (Å²) in [7, 11) is 3.13. The van der Waals surface area contributed by atoms with Gasteiger partial charge in [0.15, 0.2) is 33.9 Å². The van der Waals surface area contributed by atoms with Gasteiger partial charge < -0.3 is 9.47 Å². The fourth-order valence-electron chi connectivity index (χ4n) is 3.56. The van der Waals surface area contributed by atoms with Gasteiger partial charge in [0.05, 0.1) is 25.5 Å². The number of Topliss-reactive ketones (excluding diaryl/α,β-unsaturated/α-hetero) is 1. The average molecular weight is 475 g/mol. The maximum absolute atomic E-state index is 13.2. The van der Waals surface area contributed by atoms with Gasteiger partial charge in [0.1, 0.15) is 5.82 Å². The van der Waals surface area contributed by atoms with Gasteiger partial charge in [0.25, 0.3) is 0 Å². The number of aromatic nitrogens is 4. The summed E-state index contributed by atoms with van der Waals surface area (Å²) in [5.41, 5.74) is 2.51. The first kappa shape index (κ1) is 21.8. The minimum Gasteiger partial charge on any atom is -0.493 e. The highest BCUT2D eigenvalue weighted by Gasteiger charge is 2.19. The standard InChI is InChI=1S/C25H19FN4O3S/c1-32-21-12-18-19(13-22(21)33-2)27-25(34-14-20(31)15-8-10-17(26)11-9-15)30-24(18)28-23(29-30)16-6-4-3-5-7-16/h3-13H,14H2,1-2H3. The zero-order valence-electron chi connectivity index (χ0n) is 18.4. The molecule has 0 saturated carbocycles. The second kappa shape index (κ2) is 9.11. The Morgan fingerprint density at radius 3 is 2.38 bits per heavy atom. The van der Waals surface area contributed by atoms with Crippen molar-refractivity contribution in [2.24, 2.45) is 0 Å². The van der Waals surface area contributed by atoms with Crippen molar-refractivity contribution in [3.05, 3.63) is 78.1 Å². The van der Waals surface area contributed by atoms with E-state index in [1.54, 1.807) is 24.8 Å². The highest BCUT2D eigenvalue weighted by atomic mass is 32.2. The van der Waals surface area contributed by atoms with Crippen LogP contribution in [0.15, 0.2) is 71.9 Å². The van der Waals surface area contributed by atoms with E-state index in [-0.39, 0.29) is 17.4 Å². The van der Waals surface area contributed by atoms with Gasteiger partial charge >= 0.3 is 0 Å². The van der Waals surface area contributed by atoms with Crippen LogP contribution in [0.4, 0.5) is 4.39 Å². The van der Waals surface area contributed by atoms with Crippen LogP contribution in [0.3, 0.4) is 0 Å². The lowest BCUT2D eigenvalue weighted by Crippen LogP contribution is -2.05. The van der Waals surface area contributed by atoms with Crippen molar-refractivity contribution in [2.45, 2.75) is 5.16 Å². The van der Waals surface area contributed by atoms with Crippen molar-refractivity contribution >= 4 is 34.1 Å². The largest absolute Gasteiger partial charge is 0.493 e. The highest BCUT2D eigenvalue weighted by Crippen LogP contribution is 2.35. The second-order valence-corrected chi connectivity index (χ2v) is 8.32. The van der Waals surface area contributed by atoms with E-state index in [4.69, 9.17) is 19.4 Å². The Morgan fingerprint density at radius 1 is 0.971 bits per heavy atom. The van der Waals surface area contributed by atoms with E-state index in [1.165, 1.54) is 36.0 Å². The molecule has 0 aliphatic carbocycles. The number of ketones is 1. The average Bonchev–Trinajstić information content (AvgIpc) is 3.33. The third-order valence-electron chi connectivity index (χ3n) is 5.28. The summed E-state index contributed by atoms with van der Waals surface area (Å²) in [5.74, 6) is 1.20. The number of fused-ring (bicyclic) bond motifs is 3. The van der Waals surface area contributed by atoms with Crippen LogP contribution in [0, 0.1) is 5.82 Å². The summed E-state index contributed by atoms with van der Waals surface area (Å²) < 4.78 is 25.8. The van der Waals surface area contributed by atoms with E-state index in [2.05, 4.69) is 5.10 Å². The summed E-state index contributed by atoms with van der Waals surface area (Å²) in [5, 5.41) is 5.92. The Hall–Kier alpha value is -3.98. The fourth-order valence-corrected chi connectivity index (χ4v) is 4.40. The van der Waals surface area contributed by atoms with Crippen molar-refractivity contribution < 1.29 is 18.7 Å². The number of benzene rings is 3. The van der Waals surface area contributed by atoms with Crippen molar-refractivity contribution in [1.29, 1.82) is 0 Å². The number of carbonyl (C=O) groups excluding carboxylic acids is 1. The quantitative estimate of drug-likeness (QED) is 0.185. The number of carbonyl (C=O) groups is 1. The van der Waals surface area contributed by atoms with Gasteiger partial charge in [-0.2, -0.15) is 4.52 Å². The zero-order chi connectivity index (χ0) is 23.7. The SMILES string of the molecule is COc1cc2nc(SCC(=O)c3ccc(F)cc3)n3nc(-c4ccccc4)nc3c2cc1OC. The van der Waals surface area contributed by atoms with Crippen LogP contribution >= 0.6 is 11.8 Å². The van der Waals surface area contributed by atoms with Crippen LogP contribution in [0.2, 0.25) is 0 Å². The van der Waals surface area contributed by atoms with Gasteiger partial charge in [-0.25, -0.2) is 14.4 Å². The van der Waals surface area contributed by atoms with E-state index in [0.717, 1.165) is 10.9 Å². The second-order valence-electron chi connectivity index (χ2n) is 7.37. The van der Waals surface area contributed by atoms with Gasteiger partial charge in [-0.05, 0) is 30.3 Å². The molecule has 5 rings (SSSR count). The summed E-state index contributed by atoms with van der Waals surface area (Å²) in [4.78, 5) is 22.2. The number of hydrogen-bond acceptors (Lipinski definition) is 7. The molecule has 2 heterocycles.